The predicted octanol–water partition coefficient (Wildman–Crippen LogP) is 3.17. The maximum absolute atomic E-state index is 12.1. The number of hydrogen-bond donors (Lipinski definition) is 2. The third-order valence-corrected chi connectivity index (χ3v) is 5.36. The molecule has 0 radical (unpaired) electrons. The molecule has 2 rings (SSSR count). The molecule has 126 valence electrons. The molecule has 0 spiro atoms. The molecule has 1 aliphatic rings. The van der Waals surface area contributed by atoms with Crippen LogP contribution < -0.4 is 5.32 Å². The lowest BCUT2D eigenvalue weighted by atomic mass is 9.92. The Hall–Kier alpha value is -1.49. The molecular weight excluding hydrogens is 310 g/mol. The van der Waals surface area contributed by atoms with Crippen LogP contribution in [0.5, 0.6) is 0 Å². The van der Waals surface area contributed by atoms with Crippen LogP contribution in [0.1, 0.15) is 43.2 Å². The summed E-state index contributed by atoms with van der Waals surface area (Å²) in [6.07, 6.45) is 4.10. The minimum Gasteiger partial charge on any atom is -0.480 e. The van der Waals surface area contributed by atoms with Crippen molar-refractivity contribution in [1.82, 2.24) is 5.32 Å². The molecule has 0 bridgehead atoms. The molecule has 0 unspecified atom stereocenters. The van der Waals surface area contributed by atoms with Crippen molar-refractivity contribution in [3.8, 4) is 0 Å². The van der Waals surface area contributed by atoms with Gasteiger partial charge in [0.15, 0.2) is 0 Å². The molecule has 1 aromatic carbocycles. The number of carbonyl (C=O) groups is 2. The summed E-state index contributed by atoms with van der Waals surface area (Å²) in [7, 11) is 0. The first-order chi connectivity index (χ1) is 11.0. The van der Waals surface area contributed by atoms with E-state index >= 15 is 0 Å². The monoisotopic (exact) mass is 335 g/mol. The fourth-order valence-electron chi connectivity index (χ4n) is 2.81. The van der Waals surface area contributed by atoms with Gasteiger partial charge in [-0.15, -0.1) is 0 Å². The number of carboxylic acids is 1. The summed E-state index contributed by atoms with van der Waals surface area (Å²) in [4.78, 5) is 23.6. The van der Waals surface area contributed by atoms with E-state index in [1.807, 2.05) is 0 Å². The molecule has 1 amide bonds. The van der Waals surface area contributed by atoms with E-state index in [1.165, 1.54) is 11.1 Å². The first-order valence-corrected chi connectivity index (χ1v) is 9.35. The molecule has 0 saturated carbocycles. The maximum atomic E-state index is 12.1. The number of benzene rings is 1. The second-order valence-corrected chi connectivity index (χ2v) is 7.47. The van der Waals surface area contributed by atoms with E-state index in [1.54, 1.807) is 11.8 Å². The van der Waals surface area contributed by atoms with Gasteiger partial charge in [0.25, 0.3) is 0 Å². The van der Waals surface area contributed by atoms with Gasteiger partial charge in [0.1, 0.15) is 5.54 Å². The molecular formula is C18H25NO3S. The highest BCUT2D eigenvalue weighted by molar-refractivity contribution is 7.99. The molecule has 1 heterocycles. The van der Waals surface area contributed by atoms with E-state index in [4.69, 9.17) is 0 Å². The Morgan fingerprint density at radius 2 is 1.83 bits per heavy atom. The molecule has 0 atom stereocenters. The summed E-state index contributed by atoms with van der Waals surface area (Å²) >= 11 is 1.75. The van der Waals surface area contributed by atoms with Crippen LogP contribution >= 0.6 is 11.8 Å². The minimum atomic E-state index is -1.04. The van der Waals surface area contributed by atoms with Gasteiger partial charge in [-0.25, -0.2) is 4.79 Å². The van der Waals surface area contributed by atoms with Crippen molar-refractivity contribution in [1.29, 1.82) is 0 Å². The summed E-state index contributed by atoms with van der Waals surface area (Å²) in [6, 6.07) is 8.43. The topological polar surface area (TPSA) is 66.4 Å². The molecule has 1 fully saturated rings. The standard InChI is InChI=1S/C18H25NO3S/c1-14-6-8-15(9-7-14)4-2-3-5-16(20)19-18(17(21)22)10-12-23-13-11-18/h6-9H,2-5,10-13H2,1H3,(H,19,20)(H,21,22). The molecule has 1 saturated heterocycles. The molecule has 0 aliphatic carbocycles. The van der Waals surface area contributed by atoms with Crippen molar-refractivity contribution in [3.05, 3.63) is 35.4 Å². The molecule has 1 aromatic rings. The lowest BCUT2D eigenvalue weighted by molar-refractivity contribution is -0.148. The van der Waals surface area contributed by atoms with E-state index < -0.39 is 11.5 Å². The Balaban J connectivity index is 1.73. The lowest BCUT2D eigenvalue weighted by Gasteiger charge is -2.33. The van der Waals surface area contributed by atoms with Gasteiger partial charge in [-0.2, -0.15) is 11.8 Å². The Kier molecular flexibility index (Phi) is 6.51. The average molecular weight is 335 g/mol. The lowest BCUT2D eigenvalue weighted by Crippen LogP contribution is -2.56. The third kappa shape index (κ3) is 5.27. The average Bonchev–Trinajstić information content (AvgIpc) is 2.54. The fraction of sp³-hybridized carbons (Fsp3) is 0.556. The maximum Gasteiger partial charge on any atom is 0.329 e. The van der Waals surface area contributed by atoms with E-state index in [0.717, 1.165) is 30.8 Å². The zero-order valence-corrected chi connectivity index (χ0v) is 14.5. The highest BCUT2D eigenvalue weighted by atomic mass is 32.2. The van der Waals surface area contributed by atoms with Gasteiger partial charge >= 0.3 is 5.97 Å². The van der Waals surface area contributed by atoms with Gasteiger partial charge < -0.3 is 10.4 Å². The van der Waals surface area contributed by atoms with Gasteiger partial charge in [0.05, 0.1) is 0 Å². The zero-order chi connectivity index (χ0) is 16.7. The number of rotatable bonds is 7. The second kappa shape index (κ2) is 8.39. The van der Waals surface area contributed by atoms with E-state index in [9.17, 15) is 14.7 Å². The summed E-state index contributed by atoms with van der Waals surface area (Å²) < 4.78 is 0. The van der Waals surface area contributed by atoms with Gasteiger partial charge in [0.2, 0.25) is 5.91 Å². The number of nitrogens with one attached hydrogen (secondary N) is 1. The Bertz CT molecular complexity index is 536. The molecule has 1 aliphatic heterocycles. The summed E-state index contributed by atoms with van der Waals surface area (Å²) in [5.41, 5.74) is 1.49. The number of thioether (sulfide) groups is 1. The van der Waals surface area contributed by atoms with Gasteiger partial charge in [-0.05, 0) is 56.1 Å². The highest BCUT2D eigenvalue weighted by Crippen LogP contribution is 2.27. The Morgan fingerprint density at radius 1 is 1.17 bits per heavy atom. The number of unbranched alkanes of at least 4 members (excludes halogenated alkanes) is 1. The van der Waals surface area contributed by atoms with E-state index in [0.29, 0.717) is 19.3 Å². The number of carbonyl (C=O) groups excluding carboxylic acids is 1. The van der Waals surface area contributed by atoms with E-state index in [-0.39, 0.29) is 5.91 Å². The van der Waals surface area contributed by atoms with Crippen molar-refractivity contribution >= 4 is 23.6 Å². The number of carboxylic acid groups (broad SMARTS) is 1. The predicted molar refractivity (Wildman–Crippen MR) is 93.8 cm³/mol. The van der Waals surface area contributed by atoms with Crippen LogP contribution in [0.15, 0.2) is 24.3 Å². The largest absolute Gasteiger partial charge is 0.480 e. The SMILES string of the molecule is Cc1ccc(CCCCC(=O)NC2(C(=O)O)CCSCC2)cc1. The van der Waals surface area contributed by atoms with Crippen molar-refractivity contribution in [3.63, 3.8) is 0 Å². The smallest absolute Gasteiger partial charge is 0.329 e. The zero-order valence-electron chi connectivity index (χ0n) is 13.6. The first-order valence-electron chi connectivity index (χ1n) is 8.19. The van der Waals surface area contributed by atoms with Crippen LogP contribution in [0.25, 0.3) is 0 Å². The number of amides is 1. The van der Waals surface area contributed by atoms with Crippen molar-refractivity contribution < 1.29 is 14.7 Å². The fourth-order valence-corrected chi connectivity index (χ4v) is 4.00. The van der Waals surface area contributed by atoms with Gasteiger partial charge in [-0.1, -0.05) is 29.8 Å². The first kappa shape index (κ1) is 17.9. The molecule has 2 N–H and O–H groups in total. The quantitative estimate of drug-likeness (QED) is 0.751. The third-order valence-electron chi connectivity index (χ3n) is 4.37. The summed E-state index contributed by atoms with van der Waals surface area (Å²) in [5, 5.41) is 12.2. The van der Waals surface area contributed by atoms with Crippen LogP contribution in [0.3, 0.4) is 0 Å². The summed E-state index contributed by atoms with van der Waals surface area (Å²) in [6.45, 7) is 2.07. The number of aryl methyl sites for hydroxylation is 2. The van der Waals surface area contributed by atoms with Gasteiger partial charge in [0, 0.05) is 6.42 Å². The summed E-state index contributed by atoms with van der Waals surface area (Å²) in [5.74, 6) is 0.550. The molecule has 5 heteroatoms. The van der Waals surface area contributed by atoms with Crippen LogP contribution in [0.4, 0.5) is 0 Å². The molecule has 0 aromatic heterocycles. The molecule has 4 nitrogen and oxygen atoms in total. The van der Waals surface area contributed by atoms with Crippen LogP contribution in [-0.2, 0) is 16.0 Å². The van der Waals surface area contributed by atoms with Crippen molar-refractivity contribution in [2.45, 2.75) is 51.0 Å². The van der Waals surface area contributed by atoms with Crippen LogP contribution in [-0.4, -0.2) is 34.0 Å². The van der Waals surface area contributed by atoms with Crippen LogP contribution in [0, 0.1) is 6.92 Å². The van der Waals surface area contributed by atoms with Gasteiger partial charge in [-0.3, -0.25) is 4.79 Å². The normalized spacial score (nSPS) is 16.7. The van der Waals surface area contributed by atoms with Crippen LogP contribution in [0.2, 0.25) is 0 Å². The van der Waals surface area contributed by atoms with E-state index in [2.05, 4.69) is 36.5 Å². The minimum absolute atomic E-state index is 0.136. The van der Waals surface area contributed by atoms with Crippen molar-refractivity contribution in [2.24, 2.45) is 0 Å². The Morgan fingerprint density at radius 3 is 2.43 bits per heavy atom. The second-order valence-electron chi connectivity index (χ2n) is 6.24. The van der Waals surface area contributed by atoms with Crippen molar-refractivity contribution in [2.75, 3.05) is 11.5 Å². The number of aliphatic carboxylic acids is 1. The Labute approximate surface area is 142 Å². The highest BCUT2D eigenvalue weighted by Gasteiger charge is 2.40. The number of hydrogen-bond acceptors (Lipinski definition) is 3. The molecule has 23 heavy (non-hydrogen) atoms.